The summed E-state index contributed by atoms with van der Waals surface area (Å²) in [5.41, 5.74) is 0.0770. The van der Waals surface area contributed by atoms with Crippen LogP contribution in [0, 0.1) is 11.3 Å². The molecule has 2 unspecified atom stereocenters. The molecular formula is C11H19F3O. The van der Waals surface area contributed by atoms with E-state index in [1.54, 1.807) is 0 Å². The van der Waals surface area contributed by atoms with Crippen molar-refractivity contribution in [2.24, 2.45) is 11.3 Å². The SMILES string of the molecule is CC(C)(C)C1CCCC(OC(F)(F)F)C1. The van der Waals surface area contributed by atoms with Crippen molar-refractivity contribution in [1.29, 1.82) is 0 Å². The molecule has 0 aromatic rings. The van der Waals surface area contributed by atoms with Crippen LogP contribution < -0.4 is 0 Å². The first kappa shape index (κ1) is 12.8. The molecular weight excluding hydrogens is 205 g/mol. The van der Waals surface area contributed by atoms with Crippen LogP contribution in [-0.4, -0.2) is 12.5 Å². The van der Waals surface area contributed by atoms with Gasteiger partial charge in [-0.15, -0.1) is 13.2 Å². The number of ether oxygens (including phenoxy) is 1. The smallest absolute Gasteiger partial charge is 0.289 e. The van der Waals surface area contributed by atoms with Crippen LogP contribution in [0.3, 0.4) is 0 Å². The Bertz CT molecular complexity index is 205. The molecule has 0 heterocycles. The fourth-order valence-electron chi connectivity index (χ4n) is 2.23. The number of halogens is 3. The molecule has 90 valence electrons. The Morgan fingerprint density at radius 1 is 1.07 bits per heavy atom. The zero-order chi connectivity index (χ0) is 11.7. The lowest BCUT2D eigenvalue weighted by molar-refractivity contribution is -0.347. The van der Waals surface area contributed by atoms with Crippen LogP contribution in [0.15, 0.2) is 0 Å². The summed E-state index contributed by atoms with van der Waals surface area (Å²) in [6.07, 6.45) is -2.20. The second kappa shape index (κ2) is 4.32. The highest BCUT2D eigenvalue weighted by molar-refractivity contribution is 4.81. The molecule has 0 saturated heterocycles. The van der Waals surface area contributed by atoms with E-state index in [0.717, 1.165) is 12.8 Å². The van der Waals surface area contributed by atoms with E-state index in [0.29, 0.717) is 18.8 Å². The molecule has 1 fully saturated rings. The summed E-state index contributed by atoms with van der Waals surface area (Å²) in [6.45, 7) is 6.23. The van der Waals surface area contributed by atoms with Crippen molar-refractivity contribution >= 4 is 0 Å². The third-order valence-electron chi connectivity index (χ3n) is 3.15. The average molecular weight is 224 g/mol. The number of hydrogen-bond donors (Lipinski definition) is 0. The number of alkyl halides is 3. The van der Waals surface area contributed by atoms with Gasteiger partial charge in [0.05, 0.1) is 6.10 Å². The maximum absolute atomic E-state index is 12.0. The van der Waals surface area contributed by atoms with Gasteiger partial charge >= 0.3 is 6.36 Å². The zero-order valence-electron chi connectivity index (χ0n) is 9.53. The van der Waals surface area contributed by atoms with Gasteiger partial charge in [-0.3, -0.25) is 4.74 Å². The molecule has 2 atom stereocenters. The van der Waals surface area contributed by atoms with Crippen LogP contribution in [0.25, 0.3) is 0 Å². The average Bonchev–Trinajstić information content (AvgIpc) is 1.99. The molecule has 0 aromatic carbocycles. The highest BCUT2D eigenvalue weighted by Crippen LogP contribution is 2.40. The van der Waals surface area contributed by atoms with Gasteiger partial charge in [-0.25, -0.2) is 0 Å². The van der Waals surface area contributed by atoms with Crippen molar-refractivity contribution in [3.63, 3.8) is 0 Å². The van der Waals surface area contributed by atoms with Crippen molar-refractivity contribution in [3.05, 3.63) is 0 Å². The van der Waals surface area contributed by atoms with Crippen molar-refractivity contribution < 1.29 is 17.9 Å². The summed E-state index contributed by atoms with van der Waals surface area (Å²) < 4.78 is 40.2. The quantitative estimate of drug-likeness (QED) is 0.650. The van der Waals surface area contributed by atoms with E-state index in [1.165, 1.54) is 0 Å². The second-order valence-electron chi connectivity index (χ2n) is 5.42. The zero-order valence-corrected chi connectivity index (χ0v) is 9.53. The van der Waals surface area contributed by atoms with E-state index in [9.17, 15) is 13.2 Å². The molecule has 0 amide bonds. The third kappa shape index (κ3) is 4.41. The van der Waals surface area contributed by atoms with Crippen LogP contribution >= 0.6 is 0 Å². The first-order valence-electron chi connectivity index (χ1n) is 5.43. The summed E-state index contributed by atoms with van der Waals surface area (Å²) in [5.74, 6) is 0.332. The minimum atomic E-state index is -4.48. The number of hydrogen-bond acceptors (Lipinski definition) is 1. The van der Waals surface area contributed by atoms with Crippen molar-refractivity contribution in [2.75, 3.05) is 0 Å². The lowest BCUT2D eigenvalue weighted by Crippen LogP contribution is -2.33. The summed E-state index contributed by atoms with van der Waals surface area (Å²) in [4.78, 5) is 0. The molecule has 0 aromatic heterocycles. The molecule has 0 aliphatic heterocycles. The topological polar surface area (TPSA) is 9.23 Å². The van der Waals surface area contributed by atoms with Gasteiger partial charge in [0.2, 0.25) is 0 Å². The van der Waals surface area contributed by atoms with Gasteiger partial charge in [0.1, 0.15) is 0 Å². The highest BCUT2D eigenvalue weighted by atomic mass is 19.4. The van der Waals surface area contributed by atoms with E-state index in [2.05, 4.69) is 25.5 Å². The molecule has 15 heavy (non-hydrogen) atoms. The normalized spacial score (nSPS) is 29.2. The summed E-state index contributed by atoms with van der Waals surface area (Å²) in [6, 6.07) is 0. The Morgan fingerprint density at radius 3 is 2.13 bits per heavy atom. The van der Waals surface area contributed by atoms with Crippen molar-refractivity contribution in [3.8, 4) is 0 Å². The van der Waals surface area contributed by atoms with Gasteiger partial charge in [0.25, 0.3) is 0 Å². The minimum Gasteiger partial charge on any atom is -0.289 e. The van der Waals surface area contributed by atoms with Gasteiger partial charge in [-0.1, -0.05) is 27.2 Å². The summed E-state index contributed by atoms with van der Waals surface area (Å²) in [5, 5.41) is 0. The van der Waals surface area contributed by atoms with E-state index >= 15 is 0 Å². The molecule has 0 N–H and O–H groups in total. The van der Waals surface area contributed by atoms with E-state index in [-0.39, 0.29) is 5.41 Å². The second-order valence-corrected chi connectivity index (χ2v) is 5.42. The lowest BCUT2D eigenvalue weighted by atomic mass is 9.71. The largest absolute Gasteiger partial charge is 0.522 e. The van der Waals surface area contributed by atoms with E-state index in [1.807, 2.05) is 0 Å². The van der Waals surface area contributed by atoms with Crippen LogP contribution in [0.4, 0.5) is 13.2 Å². The number of rotatable bonds is 1. The fraction of sp³-hybridized carbons (Fsp3) is 1.00. The first-order chi connectivity index (χ1) is 6.68. The molecule has 1 nitrogen and oxygen atoms in total. The van der Waals surface area contributed by atoms with Crippen LogP contribution in [-0.2, 0) is 4.74 Å². The third-order valence-corrected chi connectivity index (χ3v) is 3.15. The van der Waals surface area contributed by atoms with Gasteiger partial charge in [-0.05, 0) is 30.6 Å². The first-order valence-corrected chi connectivity index (χ1v) is 5.43. The standard InChI is InChI=1S/C11H19F3O/c1-10(2,3)8-5-4-6-9(7-8)15-11(12,13)14/h8-9H,4-7H2,1-3H3. The molecule has 0 radical (unpaired) electrons. The van der Waals surface area contributed by atoms with E-state index in [4.69, 9.17) is 0 Å². The molecule has 0 spiro atoms. The maximum Gasteiger partial charge on any atom is 0.522 e. The van der Waals surface area contributed by atoms with Crippen LogP contribution in [0.5, 0.6) is 0 Å². The lowest BCUT2D eigenvalue weighted by Gasteiger charge is -2.37. The molecule has 0 bridgehead atoms. The Hall–Kier alpha value is -0.250. The predicted octanol–water partition coefficient (Wildman–Crippen LogP) is 4.13. The monoisotopic (exact) mass is 224 g/mol. The van der Waals surface area contributed by atoms with Crippen molar-refractivity contribution in [1.82, 2.24) is 0 Å². The fourth-order valence-corrected chi connectivity index (χ4v) is 2.23. The van der Waals surface area contributed by atoms with Gasteiger partial charge in [-0.2, -0.15) is 0 Å². The molecule has 1 aliphatic rings. The molecule has 1 rings (SSSR count). The molecule has 1 saturated carbocycles. The van der Waals surface area contributed by atoms with Crippen molar-refractivity contribution in [2.45, 2.75) is 58.9 Å². The van der Waals surface area contributed by atoms with Gasteiger partial charge in [0, 0.05) is 0 Å². The van der Waals surface area contributed by atoms with E-state index < -0.39 is 12.5 Å². The van der Waals surface area contributed by atoms with Gasteiger partial charge in [0.15, 0.2) is 0 Å². The molecule has 1 aliphatic carbocycles. The Labute approximate surface area is 89.0 Å². The summed E-state index contributed by atoms with van der Waals surface area (Å²) in [7, 11) is 0. The highest BCUT2D eigenvalue weighted by Gasteiger charge is 2.38. The van der Waals surface area contributed by atoms with Crippen LogP contribution in [0.1, 0.15) is 46.5 Å². The maximum atomic E-state index is 12.0. The van der Waals surface area contributed by atoms with Gasteiger partial charge < -0.3 is 0 Å². The summed E-state index contributed by atoms with van der Waals surface area (Å²) >= 11 is 0. The Balaban J connectivity index is 2.50. The minimum absolute atomic E-state index is 0.0770. The Kier molecular flexibility index (Phi) is 3.69. The predicted molar refractivity (Wildman–Crippen MR) is 52.3 cm³/mol. The van der Waals surface area contributed by atoms with Crippen LogP contribution in [0.2, 0.25) is 0 Å². The Morgan fingerprint density at radius 2 is 1.67 bits per heavy atom. The molecule has 4 heteroatoms.